The number of halogens is 4. The van der Waals surface area contributed by atoms with Gasteiger partial charge in [0.15, 0.2) is 23.3 Å². The number of hydrogen-bond acceptors (Lipinski definition) is 4. The first-order valence-electron chi connectivity index (χ1n) is 14.5. The summed E-state index contributed by atoms with van der Waals surface area (Å²) in [6.07, 6.45) is 1.56. The van der Waals surface area contributed by atoms with Gasteiger partial charge in [0.05, 0.1) is 0 Å². The van der Waals surface area contributed by atoms with Crippen molar-refractivity contribution in [3.63, 3.8) is 0 Å². The first kappa shape index (κ1) is 33.7. The Morgan fingerprint density at radius 3 is 2.00 bits per heavy atom. The monoisotopic (exact) mass is 669 g/mol. The lowest BCUT2D eigenvalue weighted by Gasteiger charge is -2.18. The van der Waals surface area contributed by atoms with Crippen LogP contribution in [0.3, 0.4) is 0 Å². The minimum absolute atomic E-state index is 0.0240. The van der Waals surface area contributed by atoms with Crippen LogP contribution in [0.5, 0.6) is 0 Å². The molecule has 0 fully saturated rings. The molecule has 5 aromatic carbocycles. The van der Waals surface area contributed by atoms with Gasteiger partial charge in [-0.05, 0) is 60.0 Å². The van der Waals surface area contributed by atoms with Gasteiger partial charge in [0.25, 0.3) is 11.8 Å². The Morgan fingerprint density at radius 2 is 1.33 bits per heavy atom. The molecule has 0 aliphatic carbocycles. The number of anilines is 2. The Hall–Kier alpha value is -5.68. The summed E-state index contributed by atoms with van der Waals surface area (Å²) in [7, 11) is 0. The van der Waals surface area contributed by atoms with E-state index in [0.29, 0.717) is 27.3 Å². The van der Waals surface area contributed by atoms with E-state index in [-0.39, 0.29) is 11.8 Å². The highest BCUT2D eigenvalue weighted by Gasteiger charge is 2.27. The molecule has 5 rings (SSSR count). The number of rotatable bonds is 10. The molecule has 0 bridgehead atoms. The highest BCUT2D eigenvalue weighted by atomic mass is 32.2. The second-order valence-corrected chi connectivity index (χ2v) is 11.6. The van der Waals surface area contributed by atoms with Crippen molar-refractivity contribution >= 4 is 46.9 Å². The Balaban J connectivity index is 1.41. The zero-order valence-corrected chi connectivity index (χ0v) is 26.1. The van der Waals surface area contributed by atoms with Crippen LogP contribution in [0, 0.1) is 30.2 Å². The molecule has 0 aromatic heterocycles. The van der Waals surface area contributed by atoms with E-state index in [2.05, 4.69) is 10.6 Å². The van der Waals surface area contributed by atoms with Crippen LogP contribution in [-0.2, 0) is 9.59 Å². The van der Waals surface area contributed by atoms with Crippen molar-refractivity contribution < 1.29 is 31.9 Å². The number of hydrogen-bond donors (Lipinski definition) is 3. The number of benzene rings is 5. The van der Waals surface area contributed by atoms with Gasteiger partial charge in [-0.1, -0.05) is 78.9 Å². The first-order chi connectivity index (χ1) is 23.1. The molecule has 1 unspecified atom stereocenters. The van der Waals surface area contributed by atoms with Gasteiger partial charge >= 0.3 is 0 Å². The van der Waals surface area contributed by atoms with E-state index in [1.807, 2.05) is 24.4 Å². The van der Waals surface area contributed by atoms with Gasteiger partial charge in [-0.15, -0.1) is 11.8 Å². The van der Waals surface area contributed by atoms with E-state index in [4.69, 9.17) is 0 Å². The molecule has 0 aliphatic heterocycles. The molecule has 6 nitrogen and oxygen atoms in total. The van der Waals surface area contributed by atoms with Crippen LogP contribution in [0.1, 0.15) is 32.3 Å². The molecule has 0 saturated heterocycles. The number of amides is 3. The normalized spacial score (nSPS) is 11.8. The Kier molecular flexibility index (Phi) is 10.7. The second kappa shape index (κ2) is 15.3. The van der Waals surface area contributed by atoms with Crippen molar-refractivity contribution in [2.24, 2.45) is 0 Å². The summed E-state index contributed by atoms with van der Waals surface area (Å²) < 4.78 is 56.5. The summed E-state index contributed by atoms with van der Waals surface area (Å²) in [6.45, 7) is 1.87. The molecule has 3 N–H and O–H groups in total. The van der Waals surface area contributed by atoms with Crippen LogP contribution in [0.2, 0.25) is 0 Å². The highest BCUT2D eigenvalue weighted by molar-refractivity contribution is 8.00. The van der Waals surface area contributed by atoms with Crippen LogP contribution >= 0.6 is 11.8 Å². The molecule has 0 saturated carbocycles. The average molecular weight is 670 g/mol. The maximum atomic E-state index is 14.4. The predicted octanol–water partition coefficient (Wildman–Crippen LogP) is 8.43. The summed E-state index contributed by atoms with van der Waals surface area (Å²) in [5, 5.41) is 6.32. The number of nitrogens with one attached hydrogen (secondary N) is 3. The largest absolute Gasteiger partial charge is 0.321 e. The van der Waals surface area contributed by atoms with Crippen molar-refractivity contribution in [1.82, 2.24) is 5.32 Å². The zero-order chi connectivity index (χ0) is 34.2. The minimum atomic E-state index is -1.74. The van der Waals surface area contributed by atoms with E-state index < -0.39 is 51.9 Å². The molecule has 0 spiro atoms. The lowest BCUT2D eigenvalue weighted by atomic mass is 10.1. The van der Waals surface area contributed by atoms with Crippen LogP contribution < -0.4 is 16.0 Å². The maximum absolute atomic E-state index is 14.4. The maximum Gasteiger partial charge on any atom is 0.272 e. The van der Waals surface area contributed by atoms with Crippen molar-refractivity contribution in [3.05, 3.63) is 166 Å². The third kappa shape index (κ3) is 8.18. The van der Waals surface area contributed by atoms with Gasteiger partial charge in [-0.25, -0.2) is 17.6 Å². The van der Waals surface area contributed by atoms with Gasteiger partial charge in [-0.2, -0.15) is 0 Å². The van der Waals surface area contributed by atoms with E-state index in [9.17, 15) is 31.9 Å². The van der Waals surface area contributed by atoms with Crippen LogP contribution in [0.25, 0.3) is 6.08 Å². The SMILES string of the molecule is Cc1ccccc1/C=C(\NC(=O)c1ccccc1)C(=O)Nc1cccc(SC(C(=O)Nc2c(F)c(F)cc(F)c2F)c2ccccc2)c1. The summed E-state index contributed by atoms with van der Waals surface area (Å²) in [5.74, 6) is -8.86. The van der Waals surface area contributed by atoms with Crippen molar-refractivity contribution in [2.45, 2.75) is 17.1 Å². The van der Waals surface area contributed by atoms with Crippen molar-refractivity contribution in [1.29, 1.82) is 0 Å². The molecule has 0 aliphatic rings. The molecule has 3 amide bonds. The number of carbonyl (C=O) groups is 3. The summed E-state index contributed by atoms with van der Waals surface area (Å²) in [4.78, 5) is 40.4. The van der Waals surface area contributed by atoms with Crippen LogP contribution in [0.15, 0.2) is 126 Å². The zero-order valence-electron chi connectivity index (χ0n) is 25.3. The molecule has 1 atom stereocenters. The van der Waals surface area contributed by atoms with E-state index in [1.54, 1.807) is 103 Å². The molecular formula is C37H27F4N3O3S. The predicted molar refractivity (Wildman–Crippen MR) is 178 cm³/mol. The first-order valence-corrected chi connectivity index (χ1v) is 15.4. The van der Waals surface area contributed by atoms with E-state index in [0.717, 1.165) is 17.3 Å². The van der Waals surface area contributed by atoms with Crippen LogP contribution in [-0.4, -0.2) is 17.7 Å². The van der Waals surface area contributed by atoms with Gasteiger partial charge in [0.2, 0.25) is 5.91 Å². The summed E-state index contributed by atoms with van der Waals surface area (Å²) >= 11 is 0.971. The lowest BCUT2D eigenvalue weighted by Crippen LogP contribution is -2.30. The fourth-order valence-electron chi connectivity index (χ4n) is 4.60. The highest BCUT2D eigenvalue weighted by Crippen LogP contribution is 2.38. The third-order valence-electron chi connectivity index (χ3n) is 7.06. The third-order valence-corrected chi connectivity index (χ3v) is 8.31. The smallest absolute Gasteiger partial charge is 0.272 e. The quantitative estimate of drug-likeness (QED) is 0.0603. The van der Waals surface area contributed by atoms with E-state index >= 15 is 0 Å². The molecule has 0 heterocycles. The Bertz CT molecular complexity index is 1980. The van der Waals surface area contributed by atoms with Crippen molar-refractivity contribution in [2.75, 3.05) is 10.6 Å². The number of thioether (sulfide) groups is 1. The van der Waals surface area contributed by atoms with Gasteiger partial charge < -0.3 is 16.0 Å². The van der Waals surface area contributed by atoms with E-state index in [1.165, 1.54) is 0 Å². The fourth-order valence-corrected chi connectivity index (χ4v) is 5.68. The molecule has 11 heteroatoms. The lowest BCUT2D eigenvalue weighted by molar-refractivity contribution is -0.116. The Labute approximate surface area is 277 Å². The molecule has 48 heavy (non-hydrogen) atoms. The average Bonchev–Trinajstić information content (AvgIpc) is 3.09. The van der Waals surface area contributed by atoms with Gasteiger partial charge in [0, 0.05) is 22.2 Å². The second-order valence-electron chi connectivity index (χ2n) is 10.5. The number of aryl methyl sites for hydroxylation is 1. The molecule has 242 valence electrons. The molecular weight excluding hydrogens is 642 g/mol. The summed E-state index contributed by atoms with van der Waals surface area (Å²) in [6, 6.07) is 30.5. The molecule has 0 radical (unpaired) electrons. The minimum Gasteiger partial charge on any atom is -0.321 e. The molecule has 5 aromatic rings. The summed E-state index contributed by atoms with van der Waals surface area (Å²) in [5.41, 5.74) is 1.41. The van der Waals surface area contributed by atoms with Crippen molar-refractivity contribution in [3.8, 4) is 0 Å². The fraction of sp³-hybridized carbons (Fsp3) is 0.0541. The number of carbonyl (C=O) groups excluding carboxylic acids is 3. The van der Waals surface area contributed by atoms with Crippen LogP contribution in [0.4, 0.5) is 28.9 Å². The topological polar surface area (TPSA) is 87.3 Å². The van der Waals surface area contributed by atoms with Gasteiger partial charge in [0.1, 0.15) is 16.6 Å². The standard InChI is InChI=1S/C37H27F4N3O3S/c1-22-11-8-9-16-25(22)19-30(43-35(45)24-14-6-3-7-15-24)36(46)42-26-17-10-18-27(20-26)48-34(23-12-4-2-5-13-23)37(47)44-33-31(40)28(38)21-29(39)32(33)41/h2-21,34H,1H3,(H,42,46)(H,43,45)(H,44,47)/b30-19-. The van der Waals surface area contributed by atoms with Gasteiger partial charge in [-0.3, -0.25) is 14.4 Å². The Morgan fingerprint density at radius 1 is 0.708 bits per heavy atom.